The first-order chi connectivity index (χ1) is 24.0. The summed E-state index contributed by atoms with van der Waals surface area (Å²) >= 11 is 0. The summed E-state index contributed by atoms with van der Waals surface area (Å²) in [6.07, 6.45) is 16.2. The number of epoxide rings is 1. The van der Waals surface area contributed by atoms with Crippen LogP contribution in [0.15, 0.2) is 47.6 Å². The molecule has 3 saturated heterocycles. The smallest absolute Gasteiger partial charge is 0.334 e. The lowest BCUT2D eigenvalue weighted by Gasteiger charge is -2.28. The summed E-state index contributed by atoms with van der Waals surface area (Å²) in [5.74, 6) is -1.28. The van der Waals surface area contributed by atoms with Gasteiger partial charge in [-0.2, -0.15) is 0 Å². The molecule has 3 heterocycles. The average Bonchev–Trinajstić information content (AvgIpc) is 3.57. The van der Waals surface area contributed by atoms with Crippen molar-refractivity contribution < 1.29 is 38.5 Å². The first-order valence-electron chi connectivity index (χ1n) is 19.1. The predicted molar refractivity (Wildman–Crippen MR) is 190 cm³/mol. The third kappa shape index (κ3) is 9.35. The average molecular weight is 695 g/mol. The molecule has 2 aliphatic carbocycles. The van der Waals surface area contributed by atoms with Crippen molar-refractivity contribution in [3.8, 4) is 0 Å². The van der Waals surface area contributed by atoms with E-state index in [1.807, 2.05) is 19.1 Å². The van der Waals surface area contributed by atoms with Crippen molar-refractivity contribution in [2.75, 3.05) is 13.1 Å². The molecule has 0 radical (unpaired) electrons. The molecule has 0 aromatic carbocycles. The Hall–Kier alpha value is -3.24. The van der Waals surface area contributed by atoms with Crippen LogP contribution in [0.1, 0.15) is 117 Å². The fraction of sp³-hybridized carbons (Fsp3) is 0.700. The Bertz CT molecular complexity index is 1370. The van der Waals surface area contributed by atoms with E-state index in [1.165, 1.54) is 0 Å². The zero-order valence-corrected chi connectivity index (χ0v) is 30.1. The van der Waals surface area contributed by atoms with Crippen LogP contribution >= 0.6 is 0 Å². The van der Waals surface area contributed by atoms with E-state index in [-0.39, 0.29) is 53.3 Å². The van der Waals surface area contributed by atoms with Crippen molar-refractivity contribution in [2.24, 2.45) is 17.8 Å². The fourth-order valence-corrected chi connectivity index (χ4v) is 8.12. The molecule has 0 unspecified atom stereocenters. The topological polar surface area (TPSA) is 144 Å². The van der Waals surface area contributed by atoms with Gasteiger partial charge in [-0.1, -0.05) is 70.8 Å². The Morgan fingerprint density at radius 2 is 1.26 bits per heavy atom. The highest BCUT2D eigenvalue weighted by atomic mass is 16.6. The van der Waals surface area contributed by atoms with Gasteiger partial charge in [0.2, 0.25) is 11.8 Å². The van der Waals surface area contributed by atoms with Gasteiger partial charge in [0.05, 0.1) is 11.7 Å². The van der Waals surface area contributed by atoms with Crippen LogP contribution in [0.5, 0.6) is 0 Å². The molecule has 5 rings (SSSR count). The molecule has 3 aliphatic heterocycles. The van der Waals surface area contributed by atoms with E-state index in [4.69, 9.17) is 14.2 Å². The maximum Gasteiger partial charge on any atom is 0.334 e. The summed E-state index contributed by atoms with van der Waals surface area (Å²) in [5.41, 5.74) is 2.09. The molecule has 5 aliphatic rings. The number of hydrogen-bond acceptors (Lipinski definition) is 8. The molecular formula is C40H58N2O8. The van der Waals surface area contributed by atoms with Gasteiger partial charge in [-0.3, -0.25) is 9.59 Å². The van der Waals surface area contributed by atoms with Crippen LogP contribution in [0, 0.1) is 17.8 Å². The van der Waals surface area contributed by atoms with Gasteiger partial charge in [-0.25, -0.2) is 9.59 Å². The molecular weight excluding hydrogens is 636 g/mol. The lowest BCUT2D eigenvalue weighted by molar-refractivity contribution is -0.146. The summed E-state index contributed by atoms with van der Waals surface area (Å²) < 4.78 is 17.0. The van der Waals surface area contributed by atoms with Crippen LogP contribution < -0.4 is 10.6 Å². The van der Waals surface area contributed by atoms with E-state index in [2.05, 4.69) is 30.7 Å². The van der Waals surface area contributed by atoms with E-state index in [0.717, 1.165) is 75.4 Å². The minimum atomic E-state index is -0.728. The molecule has 0 aromatic rings. The zero-order chi connectivity index (χ0) is 35.8. The Balaban J connectivity index is 0.908. The molecule has 2 amide bonds. The molecule has 3 N–H and O–H groups in total. The standard InChI is InChI=1S/C40H58N2O8/c1-25-15-13-16-28(18-20-30-26(2)38(46)48-33(30)32(25)43)36(44)41-23-11-9-7-5-6-8-10-12-24-42-37(45)29-17-14-22-40(4)35(50-40)34-31(21-19-29)27(3)39(47)49-34/h16-17,25,30-35,43H,2-3,5-15,18-24H2,1,4H3,(H,41,44)(H,42,45)/b28-16+,29-17+/t25-,30-,31-,32+,33-,34-,35-,40+/m0/s1. The molecule has 10 heteroatoms. The lowest BCUT2D eigenvalue weighted by atomic mass is 9.82. The summed E-state index contributed by atoms with van der Waals surface area (Å²) in [6, 6.07) is 0. The zero-order valence-electron chi connectivity index (χ0n) is 30.1. The summed E-state index contributed by atoms with van der Waals surface area (Å²) in [6.45, 7) is 13.2. The summed E-state index contributed by atoms with van der Waals surface area (Å²) in [4.78, 5) is 50.3. The second-order valence-electron chi connectivity index (χ2n) is 15.3. The Kier molecular flexibility index (Phi) is 13.2. The summed E-state index contributed by atoms with van der Waals surface area (Å²) in [7, 11) is 0. The second kappa shape index (κ2) is 17.3. The van der Waals surface area contributed by atoms with E-state index < -0.39 is 18.2 Å². The van der Waals surface area contributed by atoms with E-state index >= 15 is 0 Å². The number of carbonyl (C=O) groups excluding carboxylic acids is 4. The minimum Gasteiger partial charge on any atom is -0.456 e. The second-order valence-corrected chi connectivity index (χ2v) is 15.3. The number of allylic oxidation sites excluding steroid dienone is 2. The maximum atomic E-state index is 13.0. The van der Waals surface area contributed by atoms with Crippen molar-refractivity contribution in [3.63, 3.8) is 0 Å². The predicted octanol–water partition coefficient (Wildman–Crippen LogP) is 5.69. The number of fused-ring (bicyclic) bond motifs is 4. The van der Waals surface area contributed by atoms with Crippen molar-refractivity contribution in [1.82, 2.24) is 10.6 Å². The number of nitrogens with one attached hydrogen (secondary N) is 2. The Labute approximate surface area is 297 Å². The van der Waals surface area contributed by atoms with Gasteiger partial charge in [-0.15, -0.1) is 0 Å². The quantitative estimate of drug-likeness (QED) is 0.0966. The van der Waals surface area contributed by atoms with Crippen LogP contribution in [0.2, 0.25) is 0 Å². The van der Waals surface area contributed by atoms with Crippen LogP contribution in [0.25, 0.3) is 0 Å². The lowest BCUT2D eigenvalue weighted by Crippen LogP contribution is -2.37. The van der Waals surface area contributed by atoms with Gasteiger partial charge in [-0.05, 0) is 77.0 Å². The number of aliphatic hydroxyl groups excluding tert-OH is 1. The maximum absolute atomic E-state index is 13.0. The fourth-order valence-electron chi connectivity index (χ4n) is 8.12. The number of unbranched alkanes of at least 4 members (excludes halogenated alkanes) is 7. The monoisotopic (exact) mass is 694 g/mol. The SMILES string of the molecule is C=C1C(=O)O[C@@H]2[C@H](O)[C@@H](C)CC/C=C(/C(=O)NCCCCCCCCCCNC(=O)/C3=C/CC[C@@]4(C)O[C@H]4[C@H]4OC(=O)C(=C)[C@@H]4CC3)CC[C@@H]12. The van der Waals surface area contributed by atoms with Crippen molar-refractivity contribution in [3.05, 3.63) is 47.6 Å². The number of carbonyl (C=O) groups is 4. The van der Waals surface area contributed by atoms with Gasteiger partial charge >= 0.3 is 11.9 Å². The Morgan fingerprint density at radius 3 is 1.82 bits per heavy atom. The molecule has 0 bridgehead atoms. The van der Waals surface area contributed by atoms with Crippen LogP contribution in [0.3, 0.4) is 0 Å². The Morgan fingerprint density at radius 1 is 0.780 bits per heavy atom. The number of hydrogen-bond donors (Lipinski definition) is 3. The molecule has 3 fully saturated rings. The number of aliphatic hydroxyl groups is 1. The third-order valence-corrected chi connectivity index (χ3v) is 11.6. The van der Waals surface area contributed by atoms with E-state index in [9.17, 15) is 24.3 Å². The molecule has 8 atom stereocenters. The number of rotatable bonds is 13. The largest absolute Gasteiger partial charge is 0.456 e. The van der Waals surface area contributed by atoms with Gasteiger partial charge in [0, 0.05) is 47.2 Å². The highest BCUT2D eigenvalue weighted by Crippen LogP contribution is 2.49. The number of esters is 2. The van der Waals surface area contributed by atoms with Gasteiger partial charge in [0.15, 0.2) is 0 Å². The van der Waals surface area contributed by atoms with Crippen LogP contribution in [0.4, 0.5) is 0 Å². The number of amides is 2. The molecule has 0 aromatic heterocycles. The van der Waals surface area contributed by atoms with Crippen LogP contribution in [-0.2, 0) is 33.4 Å². The number of ether oxygens (including phenoxy) is 3. The van der Waals surface area contributed by atoms with Crippen molar-refractivity contribution in [2.45, 2.75) is 147 Å². The summed E-state index contributed by atoms with van der Waals surface area (Å²) in [5, 5.41) is 16.9. The highest BCUT2D eigenvalue weighted by molar-refractivity contribution is 5.94. The normalized spacial score (nSPS) is 34.8. The molecule has 276 valence electrons. The molecule has 0 spiro atoms. The molecule has 10 nitrogen and oxygen atoms in total. The first kappa shape index (κ1) is 38.0. The van der Waals surface area contributed by atoms with Gasteiger partial charge in [0.25, 0.3) is 0 Å². The van der Waals surface area contributed by atoms with Crippen molar-refractivity contribution >= 4 is 23.8 Å². The molecule has 0 saturated carbocycles. The van der Waals surface area contributed by atoms with Crippen LogP contribution in [-0.4, -0.2) is 72.0 Å². The van der Waals surface area contributed by atoms with Crippen molar-refractivity contribution in [1.29, 1.82) is 0 Å². The minimum absolute atomic E-state index is 0.0193. The van der Waals surface area contributed by atoms with E-state index in [0.29, 0.717) is 62.8 Å². The van der Waals surface area contributed by atoms with E-state index in [1.54, 1.807) is 0 Å². The van der Waals surface area contributed by atoms with Gasteiger partial charge in [0.1, 0.15) is 18.3 Å². The first-order valence-corrected chi connectivity index (χ1v) is 19.1. The third-order valence-electron chi connectivity index (χ3n) is 11.6. The van der Waals surface area contributed by atoms with Gasteiger partial charge < -0.3 is 30.0 Å². The molecule has 50 heavy (non-hydrogen) atoms. The highest BCUT2D eigenvalue weighted by Gasteiger charge is 2.61.